The molecule has 0 spiro atoms. The van der Waals surface area contributed by atoms with Crippen LogP contribution in [-0.4, -0.2) is 29.4 Å². The molecule has 4 heteroatoms. The number of hydrogen-bond acceptors (Lipinski definition) is 2. The average molecular weight is 244 g/mol. The molecular formula is C12H24N2OS. The quantitative estimate of drug-likeness (QED) is 0.754. The smallest absolute Gasteiger partial charge is 0.222 e. The fourth-order valence-electron chi connectivity index (χ4n) is 1.89. The molecule has 94 valence electrons. The molecule has 0 heterocycles. The number of amides is 1. The van der Waals surface area contributed by atoms with Crippen LogP contribution in [0, 0.1) is 11.3 Å². The van der Waals surface area contributed by atoms with Crippen LogP contribution in [0.15, 0.2) is 0 Å². The Bertz CT molecular complexity index is 258. The van der Waals surface area contributed by atoms with E-state index in [-0.39, 0.29) is 11.3 Å². The van der Waals surface area contributed by atoms with Gasteiger partial charge in [-0.3, -0.25) is 4.79 Å². The van der Waals surface area contributed by atoms with Crippen molar-refractivity contribution < 1.29 is 4.79 Å². The summed E-state index contributed by atoms with van der Waals surface area (Å²) in [6.45, 7) is 9.04. The fourth-order valence-corrected chi connectivity index (χ4v) is 2.09. The van der Waals surface area contributed by atoms with Crippen LogP contribution in [0.1, 0.15) is 40.5 Å². The van der Waals surface area contributed by atoms with Gasteiger partial charge in [0.2, 0.25) is 5.91 Å². The van der Waals surface area contributed by atoms with Gasteiger partial charge in [0.1, 0.15) is 0 Å². The molecule has 2 N–H and O–H groups in total. The van der Waals surface area contributed by atoms with Crippen molar-refractivity contribution >= 4 is 23.1 Å². The molecule has 0 fully saturated rings. The molecule has 1 amide bonds. The van der Waals surface area contributed by atoms with E-state index in [1.807, 2.05) is 0 Å². The third-order valence-corrected chi connectivity index (χ3v) is 2.43. The Morgan fingerprint density at radius 3 is 2.31 bits per heavy atom. The van der Waals surface area contributed by atoms with E-state index in [0.717, 1.165) is 6.42 Å². The zero-order valence-electron chi connectivity index (χ0n) is 11.0. The van der Waals surface area contributed by atoms with E-state index in [1.165, 1.54) is 0 Å². The lowest BCUT2D eigenvalue weighted by molar-refractivity contribution is -0.130. The van der Waals surface area contributed by atoms with E-state index < -0.39 is 0 Å². The molecule has 0 aromatic heterocycles. The molecule has 0 aromatic carbocycles. The number of rotatable bonds is 5. The molecule has 1 unspecified atom stereocenters. The van der Waals surface area contributed by atoms with Crippen molar-refractivity contribution in [2.45, 2.75) is 40.5 Å². The Morgan fingerprint density at radius 2 is 1.94 bits per heavy atom. The summed E-state index contributed by atoms with van der Waals surface area (Å²) in [6, 6.07) is 0. The van der Waals surface area contributed by atoms with Crippen LogP contribution in [0.4, 0.5) is 0 Å². The maximum Gasteiger partial charge on any atom is 0.222 e. The first kappa shape index (κ1) is 15.4. The highest BCUT2D eigenvalue weighted by atomic mass is 32.1. The van der Waals surface area contributed by atoms with Gasteiger partial charge in [0.05, 0.1) is 11.5 Å². The molecule has 0 saturated heterocycles. The molecule has 3 nitrogen and oxygen atoms in total. The number of nitrogens with two attached hydrogens (primary N) is 1. The molecule has 0 rings (SSSR count). The standard InChI is InChI=1S/C12H24N2OS/c1-9(7-12(2,3)4)6-11(15)14(5)8-10(13)16/h9H,6-8H2,1-5H3,(H2,13,16). The van der Waals surface area contributed by atoms with Crippen LogP contribution in [0.3, 0.4) is 0 Å². The molecule has 1 atom stereocenters. The van der Waals surface area contributed by atoms with E-state index in [2.05, 4.69) is 27.7 Å². The lowest BCUT2D eigenvalue weighted by Gasteiger charge is -2.24. The molecular weight excluding hydrogens is 220 g/mol. The topological polar surface area (TPSA) is 46.3 Å². The number of nitrogens with zero attached hydrogens (tertiary/aromatic N) is 1. The first-order valence-electron chi connectivity index (χ1n) is 5.64. The highest BCUT2D eigenvalue weighted by Gasteiger charge is 2.19. The van der Waals surface area contributed by atoms with Gasteiger partial charge < -0.3 is 10.6 Å². The van der Waals surface area contributed by atoms with Crippen LogP contribution in [0.5, 0.6) is 0 Å². The molecule has 0 aliphatic heterocycles. The van der Waals surface area contributed by atoms with Crippen molar-refractivity contribution in [3.05, 3.63) is 0 Å². The minimum Gasteiger partial charge on any atom is -0.392 e. The van der Waals surface area contributed by atoms with Gasteiger partial charge in [-0.2, -0.15) is 0 Å². The van der Waals surface area contributed by atoms with E-state index in [0.29, 0.717) is 23.9 Å². The average Bonchev–Trinajstić information content (AvgIpc) is 1.98. The monoisotopic (exact) mass is 244 g/mol. The van der Waals surface area contributed by atoms with Gasteiger partial charge in [-0.05, 0) is 17.8 Å². The fraction of sp³-hybridized carbons (Fsp3) is 0.833. The Balaban J connectivity index is 4.09. The van der Waals surface area contributed by atoms with E-state index >= 15 is 0 Å². The van der Waals surface area contributed by atoms with Crippen LogP contribution in [-0.2, 0) is 4.79 Å². The van der Waals surface area contributed by atoms with Crippen molar-refractivity contribution in [2.24, 2.45) is 17.1 Å². The summed E-state index contributed by atoms with van der Waals surface area (Å²) < 4.78 is 0. The van der Waals surface area contributed by atoms with E-state index in [1.54, 1.807) is 11.9 Å². The van der Waals surface area contributed by atoms with Crippen LogP contribution in [0.25, 0.3) is 0 Å². The second-order valence-electron chi connectivity index (χ2n) is 5.79. The summed E-state index contributed by atoms with van der Waals surface area (Å²) in [6.07, 6.45) is 1.61. The summed E-state index contributed by atoms with van der Waals surface area (Å²) in [7, 11) is 1.74. The molecule has 0 radical (unpaired) electrons. The van der Waals surface area contributed by atoms with Crippen molar-refractivity contribution in [3.63, 3.8) is 0 Å². The predicted molar refractivity (Wildman–Crippen MR) is 72.3 cm³/mol. The van der Waals surface area contributed by atoms with Crippen LogP contribution in [0.2, 0.25) is 0 Å². The first-order valence-corrected chi connectivity index (χ1v) is 6.05. The third kappa shape index (κ3) is 7.63. The zero-order valence-corrected chi connectivity index (χ0v) is 11.9. The van der Waals surface area contributed by atoms with Crippen LogP contribution >= 0.6 is 12.2 Å². The number of hydrogen-bond donors (Lipinski definition) is 1. The minimum atomic E-state index is 0.115. The molecule has 0 saturated carbocycles. The maximum atomic E-state index is 11.8. The molecule has 0 aliphatic rings. The minimum absolute atomic E-state index is 0.115. The largest absolute Gasteiger partial charge is 0.392 e. The molecule has 0 aliphatic carbocycles. The number of thiocarbonyl (C=S) groups is 1. The molecule has 16 heavy (non-hydrogen) atoms. The predicted octanol–water partition coefficient (Wildman–Crippen LogP) is 2.19. The van der Waals surface area contributed by atoms with Gasteiger partial charge in [-0.15, -0.1) is 0 Å². The summed E-state index contributed by atoms with van der Waals surface area (Å²) in [5, 5.41) is 0. The lowest BCUT2D eigenvalue weighted by atomic mass is 9.84. The van der Waals surface area contributed by atoms with E-state index in [9.17, 15) is 4.79 Å². The number of carbonyl (C=O) groups excluding carboxylic acids is 1. The van der Waals surface area contributed by atoms with Gasteiger partial charge in [0, 0.05) is 13.5 Å². The van der Waals surface area contributed by atoms with Gasteiger partial charge >= 0.3 is 0 Å². The summed E-state index contributed by atoms with van der Waals surface area (Å²) >= 11 is 4.78. The first-order chi connectivity index (χ1) is 7.11. The maximum absolute atomic E-state index is 11.8. The van der Waals surface area contributed by atoms with Crippen molar-refractivity contribution in [3.8, 4) is 0 Å². The second-order valence-corrected chi connectivity index (χ2v) is 6.31. The SMILES string of the molecule is CC(CC(=O)N(C)CC(N)=S)CC(C)(C)C. The van der Waals surface area contributed by atoms with Crippen molar-refractivity contribution in [2.75, 3.05) is 13.6 Å². The second kappa shape index (κ2) is 6.18. The molecule has 0 bridgehead atoms. The Labute approximate surface area is 104 Å². The van der Waals surface area contributed by atoms with Gasteiger partial charge in [0.15, 0.2) is 0 Å². The lowest BCUT2D eigenvalue weighted by Crippen LogP contribution is -2.35. The highest BCUT2D eigenvalue weighted by Crippen LogP contribution is 2.26. The number of likely N-dealkylation sites (N-methyl/N-ethyl adjacent to an activating group) is 1. The zero-order chi connectivity index (χ0) is 12.9. The molecule has 0 aromatic rings. The Kier molecular flexibility index (Phi) is 5.94. The van der Waals surface area contributed by atoms with Gasteiger partial charge in [-0.1, -0.05) is 39.9 Å². The summed E-state index contributed by atoms with van der Waals surface area (Å²) in [5.74, 6) is 0.505. The van der Waals surface area contributed by atoms with Crippen LogP contribution < -0.4 is 5.73 Å². The Morgan fingerprint density at radius 1 is 1.44 bits per heavy atom. The summed E-state index contributed by atoms with van der Waals surface area (Å²) in [5.41, 5.74) is 5.67. The van der Waals surface area contributed by atoms with Crippen molar-refractivity contribution in [1.82, 2.24) is 4.90 Å². The highest BCUT2D eigenvalue weighted by molar-refractivity contribution is 7.80. The van der Waals surface area contributed by atoms with Gasteiger partial charge in [0.25, 0.3) is 0 Å². The Hall–Kier alpha value is -0.640. The van der Waals surface area contributed by atoms with E-state index in [4.69, 9.17) is 18.0 Å². The van der Waals surface area contributed by atoms with Gasteiger partial charge in [-0.25, -0.2) is 0 Å². The summed E-state index contributed by atoms with van der Waals surface area (Å²) in [4.78, 5) is 13.7. The normalized spacial score (nSPS) is 13.3. The van der Waals surface area contributed by atoms with Crippen molar-refractivity contribution in [1.29, 1.82) is 0 Å². The number of carbonyl (C=O) groups is 1. The third-order valence-electron chi connectivity index (χ3n) is 2.30.